The van der Waals surface area contributed by atoms with E-state index in [2.05, 4.69) is 10.9 Å². The molecule has 0 radical (unpaired) electrons. The molecule has 0 saturated carbocycles. The van der Waals surface area contributed by atoms with Crippen molar-refractivity contribution in [1.29, 1.82) is 0 Å². The summed E-state index contributed by atoms with van der Waals surface area (Å²) < 4.78 is 53.3. The van der Waals surface area contributed by atoms with Gasteiger partial charge >= 0.3 is 0 Å². The zero-order valence-electron chi connectivity index (χ0n) is 25.0. The predicted octanol–water partition coefficient (Wildman–Crippen LogP) is 5.84. The summed E-state index contributed by atoms with van der Waals surface area (Å²) in [6.45, 7) is 0.262. The fraction of sp³-hybridized carbons (Fsp3) is 0.235. The Bertz CT molecular complexity index is 1840. The van der Waals surface area contributed by atoms with Crippen LogP contribution in [0.3, 0.4) is 0 Å². The van der Waals surface area contributed by atoms with Crippen LogP contribution in [-0.2, 0) is 25.9 Å². The molecule has 0 aromatic heterocycles. The highest BCUT2D eigenvalue weighted by molar-refractivity contribution is 7.91. The van der Waals surface area contributed by atoms with Gasteiger partial charge in [0.05, 0.1) is 17.3 Å². The van der Waals surface area contributed by atoms with Crippen molar-refractivity contribution >= 4 is 44.8 Å². The van der Waals surface area contributed by atoms with Crippen LogP contribution in [0.4, 0.5) is 4.39 Å². The molecule has 0 unspecified atom stereocenters. The SMILES string of the molecule is O=C(NNCc1ccccc1F)[C@@]1(CCS(=O)(=O)c2ccccc2)N=C(c2ccc(OCCCO)cc2)O[C@H]1c1ccc(Cl)cc1Cl. The zero-order valence-corrected chi connectivity index (χ0v) is 27.4. The third-order valence-corrected chi connectivity index (χ3v) is 9.86. The number of hydrazine groups is 1. The van der Waals surface area contributed by atoms with E-state index in [0.29, 0.717) is 40.5 Å². The van der Waals surface area contributed by atoms with Gasteiger partial charge in [-0.05, 0) is 54.6 Å². The fourth-order valence-corrected chi connectivity index (χ4v) is 6.96. The molecule has 0 spiro atoms. The number of hydrogen-bond acceptors (Lipinski definition) is 8. The highest BCUT2D eigenvalue weighted by atomic mass is 35.5. The highest BCUT2D eigenvalue weighted by Crippen LogP contribution is 2.45. The maximum atomic E-state index is 14.3. The number of hydrogen-bond donors (Lipinski definition) is 3. The molecule has 47 heavy (non-hydrogen) atoms. The average Bonchev–Trinajstić information content (AvgIpc) is 3.46. The number of carbonyl (C=O) groups excluding carboxylic acids is 1. The lowest BCUT2D eigenvalue weighted by Crippen LogP contribution is -2.53. The summed E-state index contributed by atoms with van der Waals surface area (Å²) in [7, 11) is -3.87. The molecule has 0 fully saturated rings. The van der Waals surface area contributed by atoms with Gasteiger partial charge < -0.3 is 14.6 Å². The molecule has 0 saturated heterocycles. The number of aliphatic hydroxyl groups excluding tert-OH is 1. The lowest BCUT2D eigenvalue weighted by atomic mass is 9.85. The number of aliphatic imine (C=N–C) groups is 1. The van der Waals surface area contributed by atoms with Crippen molar-refractivity contribution in [1.82, 2.24) is 10.9 Å². The van der Waals surface area contributed by atoms with Gasteiger partial charge in [0.2, 0.25) is 5.90 Å². The normalized spacial score (nSPS) is 17.5. The number of halogens is 3. The molecule has 3 N–H and O–H groups in total. The molecular weight excluding hydrogens is 668 g/mol. The second kappa shape index (κ2) is 15.3. The summed E-state index contributed by atoms with van der Waals surface area (Å²) in [5.74, 6) is -1.01. The molecule has 9 nitrogen and oxygen atoms in total. The molecule has 1 aliphatic rings. The number of nitrogens with zero attached hydrogens (tertiary/aromatic N) is 1. The summed E-state index contributed by atoms with van der Waals surface area (Å²) in [4.78, 5) is 19.2. The molecule has 1 heterocycles. The first-order valence-electron chi connectivity index (χ1n) is 14.7. The Hall–Kier alpha value is -4.00. The van der Waals surface area contributed by atoms with E-state index in [1.165, 1.54) is 24.3 Å². The summed E-state index contributed by atoms with van der Waals surface area (Å²) in [6, 6.07) is 25.5. The monoisotopic (exact) mass is 699 g/mol. The maximum absolute atomic E-state index is 14.3. The zero-order chi connectivity index (χ0) is 33.4. The lowest BCUT2D eigenvalue weighted by Gasteiger charge is -2.31. The van der Waals surface area contributed by atoms with E-state index in [0.717, 1.165) is 0 Å². The van der Waals surface area contributed by atoms with Crippen molar-refractivity contribution in [3.05, 3.63) is 130 Å². The van der Waals surface area contributed by atoms with Gasteiger partial charge in [-0.3, -0.25) is 10.2 Å². The van der Waals surface area contributed by atoms with Crippen molar-refractivity contribution in [3.8, 4) is 5.75 Å². The Balaban J connectivity index is 1.54. The molecule has 5 rings (SSSR count). The summed E-state index contributed by atoms with van der Waals surface area (Å²) >= 11 is 12.8. The molecule has 0 aliphatic carbocycles. The summed E-state index contributed by atoms with van der Waals surface area (Å²) in [6.07, 6.45) is -1.01. The first kappa shape index (κ1) is 34.3. The van der Waals surface area contributed by atoms with Crippen molar-refractivity contribution in [2.75, 3.05) is 19.0 Å². The number of nitrogens with one attached hydrogen (secondary N) is 2. The van der Waals surface area contributed by atoms with E-state index in [1.54, 1.807) is 72.8 Å². The van der Waals surface area contributed by atoms with Crippen LogP contribution in [0, 0.1) is 5.82 Å². The molecular formula is C34H32Cl2FN3O6S. The molecule has 246 valence electrons. The number of carbonyl (C=O) groups is 1. The third kappa shape index (κ3) is 8.11. The molecule has 0 bridgehead atoms. The number of ether oxygens (including phenoxy) is 2. The van der Waals surface area contributed by atoms with Crippen LogP contribution in [0.15, 0.2) is 107 Å². The Kier molecular flexibility index (Phi) is 11.2. The second-order valence-electron chi connectivity index (χ2n) is 10.7. The Morgan fingerprint density at radius 1 is 1.00 bits per heavy atom. The Morgan fingerprint density at radius 3 is 2.43 bits per heavy atom. The van der Waals surface area contributed by atoms with E-state index in [-0.39, 0.29) is 35.4 Å². The van der Waals surface area contributed by atoms with Gasteiger partial charge in [-0.1, -0.05) is 65.7 Å². The smallest absolute Gasteiger partial charge is 0.266 e. The van der Waals surface area contributed by atoms with Gasteiger partial charge in [0, 0.05) is 52.7 Å². The van der Waals surface area contributed by atoms with Gasteiger partial charge in [0.25, 0.3) is 5.91 Å². The van der Waals surface area contributed by atoms with Crippen molar-refractivity contribution in [3.63, 3.8) is 0 Å². The predicted molar refractivity (Wildman–Crippen MR) is 178 cm³/mol. The van der Waals surface area contributed by atoms with Crippen LogP contribution in [-0.4, -0.2) is 49.8 Å². The summed E-state index contributed by atoms with van der Waals surface area (Å²) in [5.41, 5.74) is 4.67. The third-order valence-electron chi connectivity index (χ3n) is 7.57. The average molecular weight is 701 g/mol. The minimum atomic E-state index is -3.87. The Morgan fingerprint density at radius 2 is 1.72 bits per heavy atom. The van der Waals surface area contributed by atoms with Crippen LogP contribution in [0.25, 0.3) is 0 Å². The molecule has 13 heteroatoms. The quantitative estimate of drug-likeness (QED) is 0.112. The van der Waals surface area contributed by atoms with Crippen LogP contribution in [0.1, 0.15) is 35.6 Å². The number of aliphatic hydroxyl groups is 1. The first-order valence-corrected chi connectivity index (χ1v) is 17.1. The van der Waals surface area contributed by atoms with E-state index in [1.807, 2.05) is 0 Å². The molecule has 4 aromatic carbocycles. The number of benzene rings is 4. The minimum Gasteiger partial charge on any atom is -0.494 e. The molecule has 1 amide bonds. The van der Waals surface area contributed by atoms with Crippen LogP contribution < -0.4 is 15.6 Å². The minimum absolute atomic E-state index is 0.00331. The van der Waals surface area contributed by atoms with E-state index in [9.17, 15) is 17.6 Å². The highest BCUT2D eigenvalue weighted by Gasteiger charge is 2.54. The molecule has 2 atom stereocenters. The van der Waals surface area contributed by atoms with Gasteiger partial charge in [-0.15, -0.1) is 0 Å². The van der Waals surface area contributed by atoms with E-state index in [4.69, 9.17) is 42.8 Å². The van der Waals surface area contributed by atoms with Crippen LogP contribution >= 0.6 is 23.2 Å². The van der Waals surface area contributed by atoms with Crippen molar-refractivity contribution in [2.24, 2.45) is 4.99 Å². The lowest BCUT2D eigenvalue weighted by molar-refractivity contribution is -0.130. The second-order valence-corrected chi connectivity index (χ2v) is 13.7. The number of amides is 1. The van der Waals surface area contributed by atoms with Gasteiger partial charge in [-0.2, -0.15) is 0 Å². The van der Waals surface area contributed by atoms with E-state index >= 15 is 0 Å². The van der Waals surface area contributed by atoms with Crippen LogP contribution in [0.5, 0.6) is 5.75 Å². The van der Waals surface area contributed by atoms with Gasteiger partial charge in [-0.25, -0.2) is 23.2 Å². The van der Waals surface area contributed by atoms with Gasteiger partial charge in [0.15, 0.2) is 21.5 Å². The maximum Gasteiger partial charge on any atom is 0.266 e. The molecule has 4 aromatic rings. The number of rotatable bonds is 14. The number of sulfone groups is 1. The van der Waals surface area contributed by atoms with Crippen molar-refractivity contribution < 1.29 is 32.2 Å². The first-order chi connectivity index (χ1) is 22.6. The van der Waals surface area contributed by atoms with Crippen molar-refractivity contribution in [2.45, 2.75) is 35.9 Å². The van der Waals surface area contributed by atoms with Crippen LogP contribution in [0.2, 0.25) is 10.0 Å². The Labute approximate surface area is 282 Å². The van der Waals surface area contributed by atoms with E-state index < -0.39 is 39.0 Å². The standard InChI is InChI=1S/C34H32Cl2FN3O6S/c35-25-13-16-28(29(36)21-25)31-34(17-20-47(43,44)27-8-2-1-3-9-27,33(42)40-38-22-24-7-4-5-10-30(24)37)39-32(46-31)23-11-14-26(15-12-23)45-19-6-18-41/h1-5,7-16,21,31,38,41H,6,17-20,22H2,(H,40,42)/t31-,34-/m0/s1. The topological polar surface area (TPSA) is 126 Å². The fourth-order valence-electron chi connectivity index (χ4n) is 5.07. The molecule has 1 aliphatic heterocycles. The summed E-state index contributed by atoms with van der Waals surface area (Å²) in [5, 5.41) is 9.58. The largest absolute Gasteiger partial charge is 0.494 e. The van der Waals surface area contributed by atoms with Gasteiger partial charge in [0.1, 0.15) is 11.6 Å².